The van der Waals surface area contributed by atoms with Crippen molar-refractivity contribution in [2.24, 2.45) is 0 Å². The number of hydrogen-bond acceptors (Lipinski definition) is 6. The summed E-state index contributed by atoms with van der Waals surface area (Å²) in [4.78, 5) is 25.8. The van der Waals surface area contributed by atoms with Crippen LogP contribution in [0.3, 0.4) is 0 Å². The van der Waals surface area contributed by atoms with Crippen molar-refractivity contribution in [3.8, 4) is 0 Å². The fourth-order valence-electron chi connectivity index (χ4n) is 2.49. The van der Waals surface area contributed by atoms with Crippen LogP contribution in [0.4, 0.5) is 4.79 Å². The van der Waals surface area contributed by atoms with Crippen molar-refractivity contribution in [3.05, 3.63) is 42.0 Å². The second-order valence-corrected chi connectivity index (χ2v) is 8.01. The summed E-state index contributed by atoms with van der Waals surface area (Å²) in [6.45, 7) is 1.35. The van der Waals surface area contributed by atoms with Crippen molar-refractivity contribution in [1.29, 1.82) is 0 Å². The number of imide groups is 1. The van der Waals surface area contributed by atoms with Gasteiger partial charge in [0.05, 0.1) is 12.8 Å². The van der Waals surface area contributed by atoms with Gasteiger partial charge in [-0.25, -0.2) is 17.5 Å². The van der Waals surface area contributed by atoms with Crippen LogP contribution >= 0.6 is 0 Å². The average Bonchev–Trinajstić information content (AvgIpc) is 3.26. The van der Waals surface area contributed by atoms with Gasteiger partial charge in [0.25, 0.3) is 15.9 Å². The zero-order chi connectivity index (χ0) is 18.4. The summed E-state index contributed by atoms with van der Waals surface area (Å²) < 4.78 is 35.6. The van der Waals surface area contributed by atoms with Crippen LogP contribution in [0.2, 0.25) is 0 Å². The van der Waals surface area contributed by atoms with Crippen molar-refractivity contribution < 1.29 is 26.8 Å². The van der Waals surface area contributed by atoms with Crippen LogP contribution in [-0.4, -0.2) is 43.7 Å². The van der Waals surface area contributed by atoms with Gasteiger partial charge in [-0.15, -0.1) is 0 Å². The lowest BCUT2D eigenvalue weighted by Gasteiger charge is -2.18. The molecular weight excluding hydrogens is 350 g/mol. The second-order valence-electron chi connectivity index (χ2n) is 5.93. The molecule has 9 nitrogen and oxygen atoms in total. The van der Waals surface area contributed by atoms with Gasteiger partial charge in [-0.1, -0.05) is 0 Å². The van der Waals surface area contributed by atoms with Crippen LogP contribution < -0.4 is 5.32 Å². The van der Waals surface area contributed by atoms with Crippen molar-refractivity contribution in [1.82, 2.24) is 14.5 Å². The highest BCUT2D eigenvalue weighted by molar-refractivity contribution is 7.88. The van der Waals surface area contributed by atoms with Gasteiger partial charge in [0, 0.05) is 14.1 Å². The molecule has 1 saturated heterocycles. The van der Waals surface area contributed by atoms with Crippen LogP contribution in [0.15, 0.2) is 44.5 Å². The lowest BCUT2D eigenvalue weighted by Crippen LogP contribution is -2.40. The summed E-state index contributed by atoms with van der Waals surface area (Å²) in [5, 5.41) is 2.33. The zero-order valence-corrected chi connectivity index (χ0v) is 14.7. The van der Waals surface area contributed by atoms with Gasteiger partial charge in [0.1, 0.15) is 11.5 Å². The Morgan fingerprint density at radius 1 is 1.24 bits per heavy atom. The highest BCUT2D eigenvalue weighted by atomic mass is 32.2. The Hall–Kier alpha value is -2.59. The molecule has 0 radical (unpaired) electrons. The van der Waals surface area contributed by atoms with E-state index in [0.717, 1.165) is 9.21 Å². The third-order valence-corrected chi connectivity index (χ3v) is 5.66. The van der Waals surface area contributed by atoms with Crippen LogP contribution in [0, 0.1) is 0 Å². The van der Waals surface area contributed by atoms with Crippen molar-refractivity contribution in [2.75, 3.05) is 14.1 Å². The molecule has 1 atom stereocenters. The highest BCUT2D eigenvalue weighted by Crippen LogP contribution is 2.30. The highest BCUT2D eigenvalue weighted by Gasteiger charge is 2.51. The van der Waals surface area contributed by atoms with Gasteiger partial charge in [0.2, 0.25) is 5.09 Å². The molecule has 1 aliphatic rings. The van der Waals surface area contributed by atoms with E-state index in [1.807, 2.05) is 0 Å². The molecule has 0 bridgehead atoms. The minimum Gasteiger partial charge on any atom is -0.466 e. The average molecular weight is 367 g/mol. The summed E-state index contributed by atoms with van der Waals surface area (Å²) in [7, 11) is -0.970. The molecule has 1 N–H and O–H groups in total. The number of urea groups is 1. The van der Waals surface area contributed by atoms with Crippen LogP contribution in [-0.2, 0) is 26.9 Å². The third-order valence-electron chi connectivity index (χ3n) is 3.97. The lowest BCUT2D eigenvalue weighted by atomic mass is 9.99. The number of nitrogens with zero attached hydrogens (tertiary/aromatic N) is 2. The molecule has 3 heterocycles. The van der Waals surface area contributed by atoms with Gasteiger partial charge in [-0.2, -0.15) is 0 Å². The van der Waals surface area contributed by atoms with E-state index in [1.54, 1.807) is 12.1 Å². The van der Waals surface area contributed by atoms with E-state index in [1.165, 1.54) is 39.4 Å². The molecule has 0 unspecified atom stereocenters. The Bertz CT molecular complexity index is 915. The van der Waals surface area contributed by atoms with Gasteiger partial charge in [-0.05, 0) is 31.2 Å². The molecule has 134 valence electrons. The second kappa shape index (κ2) is 5.74. The molecule has 1 fully saturated rings. The maximum atomic E-state index is 12.7. The summed E-state index contributed by atoms with van der Waals surface area (Å²) >= 11 is 0. The summed E-state index contributed by atoms with van der Waals surface area (Å²) in [5.74, 6) is -0.0304. The van der Waals surface area contributed by atoms with Crippen molar-refractivity contribution >= 4 is 22.0 Å². The molecular formula is C15H17N3O6S. The summed E-state index contributed by atoms with van der Waals surface area (Å²) in [6, 6.07) is 5.30. The largest absolute Gasteiger partial charge is 0.466 e. The minimum atomic E-state index is -3.73. The van der Waals surface area contributed by atoms with Gasteiger partial charge in [0.15, 0.2) is 5.54 Å². The Morgan fingerprint density at radius 2 is 1.96 bits per heavy atom. The Kier molecular flexibility index (Phi) is 3.96. The molecule has 2 aromatic heterocycles. The number of hydrogen-bond donors (Lipinski definition) is 1. The smallest absolute Gasteiger partial charge is 0.325 e. The molecule has 2 aromatic rings. The molecule has 0 aromatic carbocycles. The molecule has 0 spiro atoms. The van der Waals surface area contributed by atoms with Crippen molar-refractivity contribution in [2.45, 2.75) is 24.1 Å². The minimum absolute atomic E-state index is 0.174. The number of amides is 3. The Labute approximate surface area is 144 Å². The van der Waals surface area contributed by atoms with E-state index in [9.17, 15) is 18.0 Å². The van der Waals surface area contributed by atoms with Crippen molar-refractivity contribution in [3.63, 3.8) is 0 Å². The summed E-state index contributed by atoms with van der Waals surface area (Å²) in [5.41, 5.74) is -1.31. The molecule has 0 saturated carbocycles. The maximum absolute atomic E-state index is 12.7. The summed E-state index contributed by atoms with van der Waals surface area (Å²) in [6.07, 6.45) is 1.41. The van der Waals surface area contributed by atoms with E-state index in [4.69, 9.17) is 8.83 Å². The van der Waals surface area contributed by atoms with E-state index in [2.05, 4.69) is 5.32 Å². The number of nitrogens with one attached hydrogen (secondary N) is 1. The number of rotatable bonds is 5. The van der Waals surface area contributed by atoms with Gasteiger partial charge in [-0.3, -0.25) is 9.69 Å². The molecule has 0 aliphatic carbocycles. The number of carbonyl (C=O) groups is 2. The normalized spacial score (nSPS) is 21.2. The number of furan rings is 2. The predicted molar refractivity (Wildman–Crippen MR) is 84.7 cm³/mol. The first-order valence-electron chi connectivity index (χ1n) is 7.35. The monoisotopic (exact) mass is 367 g/mol. The van der Waals surface area contributed by atoms with E-state index < -0.39 is 27.5 Å². The fraction of sp³-hybridized carbons (Fsp3) is 0.333. The van der Waals surface area contributed by atoms with Crippen LogP contribution in [0.1, 0.15) is 18.4 Å². The molecule has 3 rings (SSSR count). The van der Waals surface area contributed by atoms with Crippen LogP contribution in [0.5, 0.6) is 0 Å². The molecule has 1 aliphatic heterocycles. The maximum Gasteiger partial charge on any atom is 0.325 e. The molecule has 10 heteroatoms. The third kappa shape index (κ3) is 2.72. The standard InChI is InChI=1S/C15H17N3O6S/c1-15(11-5-4-8-23-11)13(19)18(14(20)16-15)9-10-6-7-12(24-10)25(21,22)17(2)3/h4-8H,9H2,1-3H3,(H,16,20)/t15-/m1/s1. The fourth-order valence-corrected chi connectivity index (χ4v) is 3.30. The first kappa shape index (κ1) is 17.2. The predicted octanol–water partition coefficient (Wildman–Crippen LogP) is 1.09. The zero-order valence-electron chi connectivity index (χ0n) is 13.8. The quantitative estimate of drug-likeness (QED) is 0.792. The van der Waals surface area contributed by atoms with E-state index in [0.29, 0.717) is 5.76 Å². The van der Waals surface area contributed by atoms with E-state index >= 15 is 0 Å². The van der Waals surface area contributed by atoms with E-state index in [-0.39, 0.29) is 17.4 Å². The van der Waals surface area contributed by atoms with Crippen LogP contribution in [0.25, 0.3) is 0 Å². The molecule has 25 heavy (non-hydrogen) atoms. The SMILES string of the molecule is CN(C)S(=O)(=O)c1ccc(CN2C(=O)N[C@](C)(c3ccco3)C2=O)o1. The number of carbonyl (C=O) groups excluding carboxylic acids is 2. The lowest BCUT2D eigenvalue weighted by molar-refractivity contribution is -0.132. The first-order valence-corrected chi connectivity index (χ1v) is 8.79. The first-order chi connectivity index (χ1) is 11.7. The topological polar surface area (TPSA) is 113 Å². The Balaban J connectivity index is 1.84. The van der Waals surface area contributed by atoms with Gasteiger partial charge >= 0.3 is 6.03 Å². The number of sulfonamides is 1. The molecule has 3 amide bonds. The Morgan fingerprint density at radius 3 is 2.56 bits per heavy atom. The van der Waals surface area contributed by atoms with Gasteiger partial charge < -0.3 is 14.2 Å².